The monoisotopic (exact) mass is 278 g/mol. The summed E-state index contributed by atoms with van der Waals surface area (Å²) in [5, 5.41) is 0. The molecule has 126 valence electrons. The molecule has 0 aliphatic carbocycles. The number of hydrogen-bond acceptors (Lipinski definition) is 0. The Balaban J connectivity index is -0.0000000288. The summed E-state index contributed by atoms with van der Waals surface area (Å²) in [5.74, 6) is 1.77. The average Bonchev–Trinajstić information content (AvgIpc) is 2.45. The van der Waals surface area contributed by atoms with Gasteiger partial charge in [-0.15, -0.1) is 0 Å². The average molecular weight is 279 g/mol. The van der Waals surface area contributed by atoms with Crippen molar-refractivity contribution in [1.29, 1.82) is 0 Å². The molecule has 19 heavy (non-hydrogen) atoms. The van der Waals surface area contributed by atoms with Crippen LogP contribution in [0.15, 0.2) is 0 Å². The zero-order chi connectivity index (χ0) is 17.3. The molecule has 0 amide bonds. The van der Waals surface area contributed by atoms with E-state index in [0.717, 1.165) is 11.8 Å². The molecule has 0 fully saturated rings. The Labute approximate surface area is 128 Å². The summed E-state index contributed by atoms with van der Waals surface area (Å²) >= 11 is 0. The van der Waals surface area contributed by atoms with E-state index in [0.29, 0.717) is 0 Å². The summed E-state index contributed by atoms with van der Waals surface area (Å²) in [6, 6.07) is 0. The fraction of sp³-hybridized carbons (Fsp3) is 1.00. The fourth-order valence-electron chi connectivity index (χ4n) is 0.289. The van der Waals surface area contributed by atoms with Crippen LogP contribution < -0.4 is 0 Å². The Morgan fingerprint density at radius 3 is 0.632 bits per heavy atom. The molecule has 0 unspecified atom stereocenters. The largest absolute Gasteiger partial charge is 0.0683 e. The summed E-state index contributed by atoms with van der Waals surface area (Å²) in [6.45, 7) is 29.5. The van der Waals surface area contributed by atoms with Gasteiger partial charge in [0.2, 0.25) is 0 Å². The van der Waals surface area contributed by atoms with Gasteiger partial charge in [-0.25, -0.2) is 0 Å². The second-order valence-corrected chi connectivity index (χ2v) is 4.36. The molecular weight excluding hydrogens is 228 g/mol. The van der Waals surface area contributed by atoms with Crippen LogP contribution in [0.2, 0.25) is 0 Å². The third-order valence-corrected chi connectivity index (χ3v) is 1.39. The van der Waals surface area contributed by atoms with Crippen LogP contribution in [0.3, 0.4) is 0 Å². The van der Waals surface area contributed by atoms with Crippen molar-refractivity contribution >= 4 is 0 Å². The van der Waals surface area contributed by atoms with Gasteiger partial charge < -0.3 is 0 Å². The molecule has 0 saturated carbocycles. The minimum absolute atomic E-state index is 0.833. The molecule has 0 aliphatic rings. The van der Waals surface area contributed by atoms with Crippen molar-refractivity contribution in [2.75, 3.05) is 0 Å². The lowest BCUT2D eigenvalue weighted by molar-refractivity contribution is 0.544. The summed E-state index contributed by atoms with van der Waals surface area (Å²) < 4.78 is 0. The Bertz CT molecular complexity index is 48.3. The molecule has 0 heteroatoms. The summed E-state index contributed by atoms with van der Waals surface area (Å²) in [6.07, 6.45) is 3.91. The molecule has 0 atom stereocenters. The second-order valence-electron chi connectivity index (χ2n) is 4.36. The molecule has 0 aliphatic heterocycles. The van der Waals surface area contributed by atoms with Crippen LogP contribution in [-0.4, -0.2) is 0 Å². The quantitative estimate of drug-likeness (QED) is 0.474. The van der Waals surface area contributed by atoms with Gasteiger partial charge in [0.25, 0.3) is 0 Å². The van der Waals surface area contributed by atoms with Crippen molar-refractivity contribution in [2.24, 2.45) is 11.8 Å². The van der Waals surface area contributed by atoms with Crippen molar-refractivity contribution in [3.63, 3.8) is 0 Å². The molecular formula is C19H50. The maximum absolute atomic E-state index is 2.28. The van der Waals surface area contributed by atoms with Crippen molar-refractivity contribution in [3.05, 3.63) is 0 Å². The number of rotatable bonds is 2. The minimum atomic E-state index is 0.833. The van der Waals surface area contributed by atoms with Gasteiger partial charge in [-0.1, -0.05) is 116 Å². The molecule has 0 rings (SSSR count). The Kier molecular flexibility index (Phi) is 123. The van der Waals surface area contributed by atoms with Gasteiger partial charge in [-0.2, -0.15) is 0 Å². The van der Waals surface area contributed by atoms with E-state index in [1.807, 2.05) is 41.5 Å². The molecule has 0 aromatic heterocycles. The molecule has 0 bridgehead atoms. The zero-order valence-corrected chi connectivity index (χ0v) is 17.3. The highest BCUT2D eigenvalue weighted by Gasteiger charge is 1.88. The van der Waals surface area contributed by atoms with E-state index in [2.05, 4.69) is 55.4 Å². The molecule has 0 heterocycles. The maximum Gasteiger partial charge on any atom is -0.0448 e. The van der Waals surface area contributed by atoms with Crippen molar-refractivity contribution in [2.45, 2.75) is 116 Å². The first-order chi connectivity index (χ1) is 8.95. The van der Waals surface area contributed by atoms with Crippen LogP contribution in [0.25, 0.3) is 0 Å². The minimum Gasteiger partial charge on any atom is -0.0683 e. The third kappa shape index (κ3) is 288. The number of hydrogen-bond donors (Lipinski definition) is 0. The topological polar surface area (TPSA) is 0 Å². The normalized spacial score (nSPS) is 6.95. The summed E-state index contributed by atoms with van der Waals surface area (Å²) in [4.78, 5) is 0. The maximum atomic E-state index is 2.28. The Morgan fingerprint density at radius 2 is 0.632 bits per heavy atom. The molecule has 0 radical (unpaired) electrons. The smallest absolute Gasteiger partial charge is 0.0448 e. The lowest BCUT2D eigenvalue weighted by Crippen LogP contribution is -1.85. The van der Waals surface area contributed by atoms with E-state index in [-0.39, 0.29) is 0 Å². The summed E-state index contributed by atoms with van der Waals surface area (Å²) in [7, 11) is 0. The van der Waals surface area contributed by atoms with E-state index in [9.17, 15) is 0 Å². The first kappa shape index (κ1) is 36.4. The standard InChI is InChI=1S/C6H14.C4H10.C3H8.3C2H6/c1-4-6(3)5-2;1-4(2)3;1-3-2;3*1-2/h6H,4-5H2,1-3H3;4H,1-3H3;3H2,1-2H3;3*1-2H3. The van der Waals surface area contributed by atoms with Gasteiger partial charge >= 0.3 is 0 Å². The van der Waals surface area contributed by atoms with Gasteiger partial charge in [0.05, 0.1) is 0 Å². The predicted molar refractivity (Wildman–Crippen MR) is 100 cm³/mol. The van der Waals surface area contributed by atoms with E-state index < -0.39 is 0 Å². The first-order valence-corrected chi connectivity index (χ1v) is 8.95. The van der Waals surface area contributed by atoms with Gasteiger partial charge in [0, 0.05) is 0 Å². The predicted octanol–water partition coefficient (Wildman–Crippen LogP) is 8.60. The first-order valence-electron chi connectivity index (χ1n) is 8.95. The lowest BCUT2D eigenvalue weighted by atomic mass is 10.1. The van der Waals surface area contributed by atoms with Crippen LogP contribution in [0.5, 0.6) is 0 Å². The van der Waals surface area contributed by atoms with Gasteiger partial charge in [-0.05, 0) is 11.8 Å². The van der Waals surface area contributed by atoms with E-state index in [1.54, 1.807) is 0 Å². The van der Waals surface area contributed by atoms with Crippen LogP contribution in [0, 0.1) is 11.8 Å². The van der Waals surface area contributed by atoms with Crippen LogP contribution in [-0.2, 0) is 0 Å². The highest BCUT2D eigenvalue weighted by molar-refractivity contribution is 4.41. The molecule has 0 nitrogen and oxygen atoms in total. The van der Waals surface area contributed by atoms with Gasteiger partial charge in [0.15, 0.2) is 0 Å². The molecule has 0 aromatic rings. The van der Waals surface area contributed by atoms with Crippen LogP contribution in [0.4, 0.5) is 0 Å². The second kappa shape index (κ2) is 64.2. The van der Waals surface area contributed by atoms with E-state index in [1.165, 1.54) is 19.3 Å². The fourth-order valence-corrected chi connectivity index (χ4v) is 0.289. The molecule has 0 aromatic carbocycles. The van der Waals surface area contributed by atoms with Crippen molar-refractivity contribution < 1.29 is 0 Å². The highest BCUT2D eigenvalue weighted by atomic mass is 13.9. The summed E-state index contributed by atoms with van der Waals surface area (Å²) in [5.41, 5.74) is 0. The van der Waals surface area contributed by atoms with Gasteiger partial charge in [0.1, 0.15) is 0 Å². The Hall–Kier alpha value is 0. The van der Waals surface area contributed by atoms with Crippen LogP contribution in [0.1, 0.15) is 116 Å². The molecule has 0 saturated heterocycles. The lowest BCUT2D eigenvalue weighted by Gasteiger charge is -1.98. The van der Waals surface area contributed by atoms with Gasteiger partial charge in [-0.3, -0.25) is 0 Å². The Morgan fingerprint density at radius 1 is 0.526 bits per heavy atom. The van der Waals surface area contributed by atoms with E-state index >= 15 is 0 Å². The van der Waals surface area contributed by atoms with Crippen molar-refractivity contribution in [3.8, 4) is 0 Å². The molecule has 0 spiro atoms. The SMILES string of the molecule is CC.CC.CC.CC(C)C.CCC.CCC(C)CC. The van der Waals surface area contributed by atoms with E-state index in [4.69, 9.17) is 0 Å². The highest BCUT2D eigenvalue weighted by Crippen LogP contribution is 2.02. The van der Waals surface area contributed by atoms with Crippen molar-refractivity contribution in [1.82, 2.24) is 0 Å². The third-order valence-electron chi connectivity index (χ3n) is 1.39. The van der Waals surface area contributed by atoms with Crippen LogP contribution >= 0.6 is 0 Å². The molecule has 0 N–H and O–H groups in total. The zero-order valence-electron chi connectivity index (χ0n) is 17.3.